The van der Waals surface area contributed by atoms with Crippen molar-refractivity contribution in [2.24, 2.45) is 5.41 Å². The summed E-state index contributed by atoms with van der Waals surface area (Å²) in [5, 5.41) is 2.77. The molecule has 32 heavy (non-hydrogen) atoms. The number of carbonyl (C=O) groups excluding carboxylic acids is 2. The fraction of sp³-hybridized carbons (Fsp3) is 0.440. The normalized spacial score (nSPS) is 16.8. The van der Waals surface area contributed by atoms with Crippen LogP contribution in [0.2, 0.25) is 0 Å². The van der Waals surface area contributed by atoms with Crippen LogP contribution in [0.15, 0.2) is 36.4 Å². The van der Waals surface area contributed by atoms with Gasteiger partial charge in [0.05, 0.1) is 17.8 Å². The van der Waals surface area contributed by atoms with Crippen molar-refractivity contribution in [1.29, 1.82) is 0 Å². The summed E-state index contributed by atoms with van der Waals surface area (Å²) >= 11 is 0. The Morgan fingerprint density at radius 3 is 2.47 bits per heavy atom. The highest BCUT2D eigenvalue weighted by Crippen LogP contribution is 2.50. The predicted octanol–water partition coefficient (Wildman–Crippen LogP) is 4.53. The van der Waals surface area contributed by atoms with E-state index in [0.717, 1.165) is 18.8 Å². The van der Waals surface area contributed by atoms with Crippen LogP contribution < -0.4 is 16.0 Å². The van der Waals surface area contributed by atoms with Gasteiger partial charge in [0.15, 0.2) is 0 Å². The van der Waals surface area contributed by atoms with Gasteiger partial charge in [-0.05, 0) is 75.6 Å². The third kappa shape index (κ3) is 4.71. The number of hydrogen-bond acceptors (Lipinski definition) is 5. The van der Waals surface area contributed by atoms with E-state index in [-0.39, 0.29) is 12.3 Å². The zero-order valence-electron chi connectivity index (χ0n) is 18.8. The standard InChI is InChI=1S/C25H30FN3O3/c1-24(2,3)32-22(30)13-17-11-18(26)6-7-20(17)28-23(31)16-5-8-21(19(27)12-16)29-14-25(15-29)9-4-10-25/h5-8,11-12H,4,9-10,13-15,27H2,1-3H3,(H,28,31). The fourth-order valence-corrected chi connectivity index (χ4v) is 4.47. The molecule has 170 valence electrons. The van der Waals surface area contributed by atoms with E-state index in [9.17, 15) is 14.0 Å². The minimum Gasteiger partial charge on any atom is -0.460 e. The van der Waals surface area contributed by atoms with Gasteiger partial charge in [0.1, 0.15) is 11.4 Å². The van der Waals surface area contributed by atoms with Gasteiger partial charge in [-0.3, -0.25) is 9.59 Å². The van der Waals surface area contributed by atoms with Gasteiger partial charge in [-0.1, -0.05) is 6.42 Å². The number of nitrogens with one attached hydrogen (secondary N) is 1. The Morgan fingerprint density at radius 2 is 1.88 bits per heavy atom. The molecule has 1 amide bonds. The minimum absolute atomic E-state index is 0.150. The summed E-state index contributed by atoms with van der Waals surface area (Å²) in [4.78, 5) is 27.3. The lowest BCUT2D eigenvalue weighted by Gasteiger charge is -2.57. The van der Waals surface area contributed by atoms with Gasteiger partial charge in [-0.25, -0.2) is 4.39 Å². The Hall–Kier alpha value is -3.09. The molecule has 1 aliphatic heterocycles. The number of benzene rings is 2. The monoisotopic (exact) mass is 439 g/mol. The highest BCUT2D eigenvalue weighted by molar-refractivity contribution is 6.06. The summed E-state index contributed by atoms with van der Waals surface area (Å²) in [6.45, 7) is 7.33. The zero-order chi connectivity index (χ0) is 23.1. The smallest absolute Gasteiger partial charge is 0.310 e. The molecule has 0 unspecified atom stereocenters. The van der Waals surface area contributed by atoms with Crippen LogP contribution in [0.1, 0.15) is 56.0 Å². The topological polar surface area (TPSA) is 84.7 Å². The molecule has 2 aromatic carbocycles. The molecule has 0 atom stereocenters. The molecule has 0 radical (unpaired) electrons. The summed E-state index contributed by atoms with van der Waals surface area (Å²) in [5.41, 5.74) is 8.70. The summed E-state index contributed by atoms with van der Waals surface area (Å²) in [5.74, 6) is -1.36. The summed E-state index contributed by atoms with van der Waals surface area (Å²) in [7, 11) is 0. The van der Waals surface area contributed by atoms with Gasteiger partial charge >= 0.3 is 5.97 Å². The van der Waals surface area contributed by atoms with Gasteiger partial charge in [0.25, 0.3) is 5.91 Å². The number of nitrogens with two attached hydrogens (primary N) is 1. The lowest BCUT2D eigenvalue weighted by atomic mass is 9.63. The number of halogens is 1. The number of nitrogens with zero attached hydrogens (tertiary/aromatic N) is 1. The second-order valence-electron chi connectivity index (χ2n) is 10.0. The number of esters is 1. The fourth-order valence-electron chi connectivity index (χ4n) is 4.47. The van der Waals surface area contributed by atoms with E-state index in [2.05, 4.69) is 10.2 Å². The third-order valence-electron chi connectivity index (χ3n) is 6.17. The van der Waals surface area contributed by atoms with Crippen molar-refractivity contribution in [2.75, 3.05) is 29.0 Å². The van der Waals surface area contributed by atoms with Crippen molar-refractivity contribution in [1.82, 2.24) is 0 Å². The first-order valence-electron chi connectivity index (χ1n) is 11.0. The highest BCUT2D eigenvalue weighted by Gasteiger charge is 2.47. The van der Waals surface area contributed by atoms with Crippen molar-refractivity contribution < 1.29 is 18.7 Å². The molecule has 3 N–H and O–H groups in total. The quantitative estimate of drug-likeness (QED) is 0.528. The molecule has 4 rings (SSSR count). The molecular weight excluding hydrogens is 409 g/mol. The maximum Gasteiger partial charge on any atom is 0.310 e. The number of hydrogen-bond donors (Lipinski definition) is 2. The SMILES string of the molecule is CC(C)(C)OC(=O)Cc1cc(F)ccc1NC(=O)c1ccc(N2CC3(CCC3)C2)c(N)c1. The Morgan fingerprint density at radius 1 is 1.16 bits per heavy atom. The molecular formula is C25H30FN3O3. The van der Waals surface area contributed by atoms with Crippen LogP contribution in [-0.4, -0.2) is 30.6 Å². The Bertz CT molecular complexity index is 1050. The third-order valence-corrected chi connectivity index (χ3v) is 6.17. The molecule has 2 fully saturated rings. The average Bonchev–Trinajstić information content (AvgIpc) is 2.61. The number of rotatable bonds is 5. The maximum atomic E-state index is 13.8. The van der Waals surface area contributed by atoms with Gasteiger partial charge in [-0.2, -0.15) is 0 Å². The summed E-state index contributed by atoms with van der Waals surface area (Å²) in [6, 6.07) is 9.20. The maximum absolute atomic E-state index is 13.8. The van der Waals surface area contributed by atoms with Crippen LogP contribution in [-0.2, 0) is 16.0 Å². The van der Waals surface area contributed by atoms with E-state index in [4.69, 9.17) is 10.5 Å². The van der Waals surface area contributed by atoms with Crippen LogP contribution in [0.25, 0.3) is 0 Å². The molecule has 2 aromatic rings. The Balaban J connectivity index is 1.45. The number of nitrogen functional groups attached to an aromatic ring is 1. The first-order valence-corrected chi connectivity index (χ1v) is 11.0. The average molecular weight is 440 g/mol. The van der Waals surface area contributed by atoms with Crippen LogP contribution >= 0.6 is 0 Å². The molecule has 1 heterocycles. The molecule has 1 saturated heterocycles. The molecule has 0 aromatic heterocycles. The summed E-state index contributed by atoms with van der Waals surface area (Å²) < 4.78 is 19.1. The van der Waals surface area contributed by atoms with Crippen LogP contribution in [0.5, 0.6) is 0 Å². The van der Waals surface area contributed by atoms with Gasteiger partial charge in [0, 0.05) is 29.8 Å². The van der Waals surface area contributed by atoms with Crippen molar-refractivity contribution in [3.63, 3.8) is 0 Å². The molecule has 1 saturated carbocycles. The van der Waals surface area contributed by atoms with E-state index in [1.807, 2.05) is 6.07 Å². The van der Waals surface area contributed by atoms with E-state index >= 15 is 0 Å². The zero-order valence-corrected chi connectivity index (χ0v) is 18.8. The van der Waals surface area contributed by atoms with Gasteiger partial charge < -0.3 is 20.7 Å². The number of amides is 1. The largest absolute Gasteiger partial charge is 0.460 e. The number of anilines is 3. The first-order chi connectivity index (χ1) is 15.0. The van der Waals surface area contributed by atoms with Gasteiger partial charge in [-0.15, -0.1) is 0 Å². The van der Waals surface area contributed by atoms with Crippen molar-refractivity contribution in [3.05, 3.63) is 53.3 Å². The Kier molecular flexibility index (Phi) is 5.61. The van der Waals surface area contributed by atoms with Crippen molar-refractivity contribution in [3.8, 4) is 0 Å². The lowest BCUT2D eigenvalue weighted by molar-refractivity contribution is -0.153. The molecule has 1 aliphatic carbocycles. The summed E-state index contributed by atoms with van der Waals surface area (Å²) in [6.07, 6.45) is 3.73. The van der Waals surface area contributed by atoms with Crippen LogP contribution in [0, 0.1) is 11.2 Å². The molecule has 0 bridgehead atoms. The first kappa shape index (κ1) is 22.1. The lowest BCUT2D eigenvalue weighted by Crippen LogP contribution is -2.60. The molecule has 6 nitrogen and oxygen atoms in total. The Labute approximate surface area is 187 Å². The highest BCUT2D eigenvalue weighted by atomic mass is 19.1. The van der Waals surface area contributed by atoms with E-state index in [0.29, 0.717) is 27.9 Å². The van der Waals surface area contributed by atoms with E-state index in [1.54, 1.807) is 32.9 Å². The van der Waals surface area contributed by atoms with Crippen LogP contribution in [0.4, 0.5) is 21.5 Å². The second kappa shape index (κ2) is 8.11. The molecule has 1 spiro atoms. The van der Waals surface area contributed by atoms with Crippen molar-refractivity contribution in [2.45, 2.75) is 52.1 Å². The van der Waals surface area contributed by atoms with Crippen molar-refractivity contribution >= 4 is 28.9 Å². The molecule has 7 heteroatoms. The van der Waals surface area contributed by atoms with Gasteiger partial charge in [0.2, 0.25) is 0 Å². The number of carbonyl (C=O) groups is 2. The predicted molar refractivity (Wildman–Crippen MR) is 123 cm³/mol. The number of ether oxygens (including phenoxy) is 1. The van der Waals surface area contributed by atoms with E-state index in [1.165, 1.54) is 37.5 Å². The molecule has 2 aliphatic rings. The van der Waals surface area contributed by atoms with E-state index < -0.39 is 17.4 Å². The minimum atomic E-state index is -0.651. The second-order valence-corrected chi connectivity index (χ2v) is 10.0. The van der Waals surface area contributed by atoms with Crippen LogP contribution in [0.3, 0.4) is 0 Å².